The summed E-state index contributed by atoms with van der Waals surface area (Å²) in [6, 6.07) is 7.72. The number of amides is 1. The van der Waals surface area contributed by atoms with Gasteiger partial charge in [-0.05, 0) is 30.2 Å². The van der Waals surface area contributed by atoms with Gasteiger partial charge in [-0.25, -0.2) is 0 Å². The Morgan fingerprint density at radius 3 is 3.00 bits per heavy atom. The quantitative estimate of drug-likeness (QED) is 0.903. The van der Waals surface area contributed by atoms with Crippen LogP contribution in [0, 0.1) is 0 Å². The van der Waals surface area contributed by atoms with Crippen molar-refractivity contribution in [3.8, 4) is 17.1 Å². The molecule has 2 aromatic rings. The number of rotatable bonds is 5. The molecule has 0 aliphatic heterocycles. The van der Waals surface area contributed by atoms with Crippen LogP contribution in [-0.4, -0.2) is 39.3 Å². The number of carbonyl (C=O) groups is 1. The van der Waals surface area contributed by atoms with Gasteiger partial charge < -0.3 is 10.1 Å². The highest BCUT2D eigenvalue weighted by Gasteiger charge is 2.18. The molecule has 3 rings (SSSR count). The molecule has 116 valence electrons. The monoisotopic (exact) mass is 301 g/mol. The van der Waals surface area contributed by atoms with Crippen molar-refractivity contribution in [2.24, 2.45) is 0 Å². The van der Waals surface area contributed by atoms with E-state index in [0.717, 1.165) is 24.2 Å². The standard InChI is InChI=1S/C15H19N5O2/c1-22-13-8-4-5-11(9-13)15-17-19-20(18-15)10-14(21)16-12-6-2-3-7-12/h4-5,8-9,12H,2-3,6-7,10H2,1H3,(H,16,21). The van der Waals surface area contributed by atoms with E-state index in [9.17, 15) is 4.79 Å². The Hall–Kier alpha value is -2.44. The van der Waals surface area contributed by atoms with Gasteiger partial charge in [-0.3, -0.25) is 4.79 Å². The lowest BCUT2D eigenvalue weighted by Crippen LogP contribution is -2.35. The van der Waals surface area contributed by atoms with Gasteiger partial charge in [0.25, 0.3) is 0 Å². The number of tetrazole rings is 1. The Morgan fingerprint density at radius 1 is 1.41 bits per heavy atom. The van der Waals surface area contributed by atoms with Gasteiger partial charge in [0.05, 0.1) is 7.11 Å². The third-order valence-corrected chi connectivity index (χ3v) is 3.79. The van der Waals surface area contributed by atoms with Crippen LogP contribution in [0.2, 0.25) is 0 Å². The van der Waals surface area contributed by atoms with Crippen LogP contribution in [0.4, 0.5) is 0 Å². The fourth-order valence-electron chi connectivity index (χ4n) is 2.66. The number of benzene rings is 1. The largest absolute Gasteiger partial charge is 0.497 e. The Kier molecular flexibility index (Phi) is 4.32. The Labute approximate surface area is 128 Å². The molecule has 1 aliphatic rings. The van der Waals surface area contributed by atoms with Gasteiger partial charge in [-0.2, -0.15) is 4.80 Å². The topological polar surface area (TPSA) is 81.9 Å². The minimum Gasteiger partial charge on any atom is -0.497 e. The molecular weight excluding hydrogens is 282 g/mol. The van der Waals surface area contributed by atoms with Crippen LogP contribution in [0.25, 0.3) is 11.4 Å². The number of carbonyl (C=O) groups excluding carboxylic acids is 1. The average molecular weight is 301 g/mol. The van der Waals surface area contributed by atoms with Crippen LogP contribution in [0.15, 0.2) is 24.3 Å². The van der Waals surface area contributed by atoms with E-state index in [0.29, 0.717) is 11.9 Å². The van der Waals surface area contributed by atoms with Gasteiger partial charge in [-0.1, -0.05) is 25.0 Å². The fourth-order valence-corrected chi connectivity index (χ4v) is 2.66. The lowest BCUT2D eigenvalue weighted by molar-refractivity contribution is -0.122. The zero-order valence-corrected chi connectivity index (χ0v) is 12.5. The first kappa shape index (κ1) is 14.5. The zero-order valence-electron chi connectivity index (χ0n) is 12.5. The van der Waals surface area contributed by atoms with E-state index in [2.05, 4.69) is 20.7 Å². The summed E-state index contributed by atoms with van der Waals surface area (Å²) in [5, 5.41) is 15.2. The van der Waals surface area contributed by atoms with Crippen molar-refractivity contribution < 1.29 is 9.53 Å². The molecule has 1 saturated carbocycles. The summed E-state index contributed by atoms with van der Waals surface area (Å²) in [5.41, 5.74) is 0.807. The average Bonchev–Trinajstić information content (AvgIpc) is 3.19. The van der Waals surface area contributed by atoms with Crippen molar-refractivity contribution in [3.63, 3.8) is 0 Å². The Bertz CT molecular complexity index is 649. The van der Waals surface area contributed by atoms with Crippen LogP contribution in [-0.2, 0) is 11.3 Å². The normalized spacial score (nSPS) is 15.0. The van der Waals surface area contributed by atoms with Crippen molar-refractivity contribution in [1.29, 1.82) is 0 Å². The number of hydrogen-bond acceptors (Lipinski definition) is 5. The van der Waals surface area contributed by atoms with Crippen molar-refractivity contribution in [2.75, 3.05) is 7.11 Å². The Morgan fingerprint density at radius 2 is 2.23 bits per heavy atom. The first-order valence-electron chi connectivity index (χ1n) is 7.46. The first-order valence-corrected chi connectivity index (χ1v) is 7.46. The van der Waals surface area contributed by atoms with Gasteiger partial charge in [0.2, 0.25) is 11.7 Å². The van der Waals surface area contributed by atoms with E-state index < -0.39 is 0 Å². The van der Waals surface area contributed by atoms with Crippen molar-refractivity contribution in [1.82, 2.24) is 25.5 Å². The predicted molar refractivity (Wildman–Crippen MR) is 80.2 cm³/mol. The van der Waals surface area contributed by atoms with E-state index in [4.69, 9.17) is 4.74 Å². The van der Waals surface area contributed by atoms with E-state index in [1.807, 2.05) is 24.3 Å². The molecule has 0 radical (unpaired) electrons. The molecule has 1 heterocycles. The molecule has 22 heavy (non-hydrogen) atoms. The lowest BCUT2D eigenvalue weighted by atomic mass is 10.2. The van der Waals surface area contributed by atoms with E-state index >= 15 is 0 Å². The number of nitrogens with zero attached hydrogens (tertiary/aromatic N) is 4. The van der Waals surface area contributed by atoms with E-state index in [1.54, 1.807) is 7.11 Å². The maximum atomic E-state index is 12.0. The van der Waals surface area contributed by atoms with Crippen LogP contribution in [0.5, 0.6) is 5.75 Å². The van der Waals surface area contributed by atoms with Crippen LogP contribution < -0.4 is 10.1 Å². The van der Waals surface area contributed by atoms with Gasteiger partial charge in [0, 0.05) is 11.6 Å². The van der Waals surface area contributed by atoms with Crippen molar-refractivity contribution >= 4 is 5.91 Å². The van der Waals surface area contributed by atoms with Gasteiger partial charge >= 0.3 is 0 Å². The SMILES string of the molecule is COc1cccc(-c2nnn(CC(=O)NC3CCCC3)n2)c1. The summed E-state index contributed by atoms with van der Waals surface area (Å²) in [7, 11) is 1.61. The van der Waals surface area contributed by atoms with E-state index in [1.165, 1.54) is 17.6 Å². The summed E-state index contributed by atoms with van der Waals surface area (Å²) >= 11 is 0. The fraction of sp³-hybridized carbons (Fsp3) is 0.467. The molecule has 1 fully saturated rings. The molecule has 7 heteroatoms. The number of ether oxygens (including phenoxy) is 1. The van der Waals surface area contributed by atoms with Crippen LogP contribution >= 0.6 is 0 Å². The number of aromatic nitrogens is 4. The second-order valence-corrected chi connectivity index (χ2v) is 5.42. The smallest absolute Gasteiger partial charge is 0.243 e. The molecule has 1 aliphatic carbocycles. The molecule has 1 amide bonds. The number of methoxy groups -OCH3 is 1. The summed E-state index contributed by atoms with van der Waals surface area (Å²) in [4.78, 5) is 13.3. The molecule has 1 aromatic heterocycles. The van der Waals surface area contributed by atoms with Gasteiger partial charge in [0.1, 0.15) is 12.3 Å². The highest BCUT2D eigenvalue weighted by atomic mass is 16.5. The molecular formula is C15H19N5O2. The maximum absolute atomic E-state index is 12.0. The first-order chi connectivity index (χ1) is 10.7. The third kappa shape index (κ3) is 3.41. The van der Waals surface area contributed by atoms with E-state index in [-0.39, 0.29) is 12.5 Å². The second-order valence-electron chi connectivity index (χ2n) is 5.42. The summed E-state index contributed by atoms with van der Waals surface area (Å²) in [6.07, 6.45) is 4.50. The van der Waals surface area contributed by atoms with Crippen LogP contribution in [0.3, 0.4) is 0 Å². The number of nitrogens with one attached hydrogen (secondary N) is 1. The molecule has 0 spiro atoms. The van der Waals surface area contributed by atoms with Gasteiger partial charge in [0.15, 0.2) is 0 Å². The minimum atomic E-state index is -0.0681. The number of hydrogen-bond donors (Lipinski definition) is 1. The Balaban J connectivity index is 1.64. The molecule has 0 bridgehead atoms. The second kappa shape index (κ2) is 6.55. The highest BCUT2D eigenvalue weighted by molar-refractivity contribution is 5.75. The third-order valence-electron chi connectivity index (χ3n) is 3.79. The summed E-state index contributed by atoms with van der Waals surface area (Å²) in [5.74, 6) is 1.14. The zero-order chi connectivity index (χ0) is 15.4. The molecule has 0 saturated heterocycles. The highest BCUT2D eigenvalue weighted by Crippen LogP contribution is 2.20. The molecule has 1 N–H and O–H groups in total. The minimum absolute atomic E-state index is 0.0681. The molecule has 0 atom stereocenters. The molecule has 0 unspecified atom stereocenters. The van der Waals surface area contributed by atoms with Crippen molar-refractivity contribution in [2.45, 2.75) is 38.3 Å². The molecule has 1 aromatic carbocycles. The van der Waals surface area contributed by atoms with Crippen LogP contribution in [0.1, 0.15) is 25.7 Å². The predicted octanol–water partition coefficient (Wildman–Crippen LogP) is 1.41. The summed E-state index contributed by atoms with van der Waals surface area (Å²) in [6.45, 7) is 0.0907. The lowest BCUT2D eigenvalue weighted by Gasteiger charge is -2.10. The molecule has 7 nitrogen and oxygen atoms in total. The maximum Gasteiger partial charge on any atom is 0.243 e. The summed E-state index contributed by atoms with van der Waals surface area (Å²) < 4.78 is 5.18. The van der Waals surface area contributed by atoms with Gasteiger partial charge in [-0.15, -0.1) is 10.2 Å². The van der Waals surface area contributed by atoms with Crippen molar-refractivity contribution in [3.05, 3.63) is 24.3 Å².